The summed E-state index contributed by atoms with van der Waals surface area (Å²) < 4.78 is 5.06. The van der Waals surface area contributed by atoms with Crippen molar-refractivity contribution in [2.24, 2.45) is 5.73 Å². The van der Waals surface area contributed by atoms with E-state index in [1.807, 2.05) is 31.2 Å². The first kappa shape index (κ1) is 23.7. The first-order chi connectivity index (χ1) is 12.9. The van der Waals surface area contributed by atoms with Crippen molar-refractivity contribution in [1.82, 2.24) is 0 Å². The SMILES string of the molecule is CCCC(=O)O.COc1ccccc1CN.O=Cc1ccc([N+](=O)[O-])cc1. The van der Waals surface area contributed by atoms with Gasteiger partial charge in [0.05, 0.1) is 12.0 Å². The van der Waals surface area contributed by atoms with E-state index in [0.29, 0.717) is 24.8 Å². The summed E-state index contributed by atoms with van der Waals surface area (Å²) >= 11 is 0. The van der Waals surface area contributed by atoms with Crippen molar-refractivity contribution in [1.29, 1.82) is 0 Å². The average Bonchev–Trinajstić information content (AvgIpc) is 2.68. The highest BCUT2D eigenvalue weighted by Crippen LogP contribution is 2.15. The van der Waals surface area contributed by atoms with Crippen LogP contribution in [-0.4, -0.2) is 29.4 Å². The van der Waals surface area contributed by atoms with Crippen LogP contribution >= 0.6 is 0 Å². The number of nitro benzene ring substituents is 1. The zero-order valence-corrected chi connectivity index (χ0v) is 15.3. The molecule has 27 heavy (non-hydrogen) atoms. The molecular formula is C19H24N2O6. The number of benzene rings is 2. The number of aliphatic carboxylic acids is 1. The van der Waals surface area contributed by atoms with Gasteiger partial charge >= 0.3 is 5.97 Å². The van der Waals surface area contributed by atoms with Gasteiger partial charge in [-0.15, -0.1) is 0 Å². The molecule has 0 bridgehead atoms. The average molecular weight is 376 g/mol. The van der Waals surface area contributed by atoms with Gasteiger partial charge in [-0.1, -0.05) is 25.1 Å². The lowest BCUT2D eigenvalue weighted by Gasteiger charge is -2.03. The molecule has 0 fully saturated rings. The van der Waals surface area contributed by atoms with Gasteiger partial charge in [-0.25, -0.2) is 0 Å². The van der Waals surface area contributed by atoms with Gasteiger partial charge in [0, 0.05) is 36.2 Å². The lowest BCUT2D eigenvalue weighted by atomic mass is 10.2. The second-order valence-corrected chi connectivity index (χ2v) is 5.13. The smallest absolute Gasteiger partial charge is 0.303 e. The Morgan fingerprint density at radius 3 is 2.15 bits per heavy atom. The van der Waals surface area contributed by atoms with Crippen LogP contribution in [0.3, 0.4) is 0 Å². The molecule has 0 atom stereocenters. The van der Waals surface area contributed by atoms with Crippen LogP contribution in [0.1, 0.15) is 35.7 Å². The van der Waals surface area contributed by atoms with Crippen molar-refractivity contribution in [3.05, 3.63) is 69.8 Å². The normalized spacial score (nSPS) is 9.00. The molecule has 0 saturated carbocycles. The number of carboxylic acids is 1. The molecular weight excluding hydrogens is 352 g/mol. The molecule has 0 aliphatic heterocycles. The molecule has 0 saturated heterocycles. The van der Waals surface area contributed by atoms with Crippen LogP contribution in [0.2, 0.25) is 0 Å². The van der Waals surface area contributed by atoms with E-state index in [1.165, 1.54) is 24.3 Å². The van der Waals surface area contributed by atoms with Gasteiger partial charge in [0.25, 0.3) is 5.69 Å². The van der Waals surface area contributed by atoms with Crippen molar-refractivity contribution in [3.8, 4) is 5.75 Å². The Hall–Kier alpha value is -3.26. The van der Waals surface area contributed by atoms with Gasteiger partial charge in [0.15, 0.2) is 0 Å². The number of aldehydes is 1. The number of carbonyl (C=O) groups is 2. The molecule has 0 spiro atoms. The summed E-state index contributed by atoms with van der Waals surface area (Å²) in [4.78, 5) is 29.3. The number of para-hydroxylation sites is 1. The Kier molecular flexibility index (Phi) is 12.3. The summed E-state index contributed by atoms with van der Waals surface area (Å²) in [7, 11) is 1.65. The molecule has 0 heterocycles. The number of carbonyl (C=O) groups excluding carboxylic acids is 1. The van der Waals surface area contributed by atoms with E-state index in [-0.39, 0.29) is 5.69 Å². The van der Waals surface area contributed by atoms with Crippen LogP contribution in [0.4, 0.5) is 5.69 Å². The maximum atomic E-state index is 10.1. The molecule has 0 radical (unpaired) electrons. The third kappa shape index (κ3) is 10.4. The Morgan fingerprint density at radius 2 is 1.81 bits per heavy atom. The van der Waals surface area contributed by atoms with Crippen molar-refractivity contribution < 1.29 is 24.4 Å². The second kappa shape index (κ2) is 14.0. The fourth-order valence-corrected chi connectivity index (χ4v) is 1.76. The highest BCUT2D eigenvalue weighted by Gasteiger charge is 2.02. The van der Waals surface area contributed by atoms with E-state index >= 15 is 0 Å². The molecule has 0 aliphatic carbocycles. The van der Waals surface area contributed by atoms with Crippen molar-refractivity contribution >= 4 is 17.9 Å². The summed E-state index contributed by atoms with van der Waals surface area (Å²) in [5.74, 6) is 0.155. The lowest BCUT2D eigenvalue weighted by Crippen LogP contribution is -1.98. The number of rotatable bonds is 6. The highest BCUT2D eigenvalue weighted by atomic mass is 16.6. The molecule has 8 heteroatoms. The molecule has 0 aromatic heterocycles. The number of methoxy groups -OCH3 is 1. The van der Waals surface area contributed by atoms with E-state index in [2.05, 4.69) is 0 Å². The largest absolute Gasteiger partial charge is 0.496 e. The number of nitrogens with zero attached hydrogens (tertiary/aromatic N) is 1. The molecule has 0 aliphatic rings. The van der Waals surface area contributed by atoms with E-state index in [0.717, 1.165) is 17.7 Å². The summed E-state index contributed by atoms with van der Waals surface area (Å²) in [6.07, 6.45) is 1.67. The maximum Gasteiger partial charge on any atom is 0.303 e. The highest BCUT2D eigenvalue weighted by molar-refractivity contribution is 5.75. The lowest BCUT2D eigenvalue weighted by molar-refractivity contribution is -0.384. The Balaban J connectivity index is 0.000000394. The Morgan fingerprint density at radius 1 is 1.22 bits per heavy atom. The summed E-state index contributed by atoms with van der Waals surface area (Å²) in [6, 6.07) is 13.1. The predicted octanol–water partition coefficient (Wildman–Crippen LogP) is 3.43. The van der Waals surface area contributed by atoms with Crippen molar-refractivity contribution in [3.63, 3.8) is 0 Å². The number of ether oxygens (including phenoxy) is 1. The first-order valence-electron chi connectivity index (χ1n) is 8.12. The summed E-state index contributed by atoms with van der Waals surface area (Å²) in [5, 5.41) is 18.0. The molecule has 2 aromatic rings. The van der Waals surface area contributed by atoms with Crippen LogP contribution < -0.4 is 10.5 Å². The van der Waals surface area contributed by atoms with E-state index in [1.54, 1.807) is 7.11 Å². The van der Waals surface area contributed by atoms with Gasteiger partial charge in [0.1, 0.15) is 12.0 Å². The molecule has 0 unspecified atom stereocenters. The van der Waals surface area contributed by atoms with E-state index < -0.39 is 10.9 Å². The molecule has 3 N–H and O–H groups in total. The minimum absolute atomic E-state index is 0.00407. The van der Waals surface area contributed by atoms with Gasteiger partial charge in [-0.3, -0.25) is 19.7 Å². The van der Waals surface area contributed by atoms with Crippen LogP contribution in [-0.2, 0) is 11.3 Å². The molecule has 8 nitrogen and oxygen atoms in total. The Bertz CT molecular complexity index is 693. The molecule has 0 amide bonds. The van der Waals surface area contributed by atoms with Crippen LogP contribution in [0.15, 0.2) is 48.5 Å². The topological polar surface area (TPSA) is 133 Å². The number of hydrogen-bond donors (Lipinski definition) is 2. The first-order valence-corrected chi connectivity index (χ1v) is 8.12. The minimum atomic E-state index is -0.711. The number of nitro groups is 1. The minimum Gasteiger partial charge on any atom is -0.496 e. The fraction of sp³-hybridized carbons (Fsp3) is 0.263. The Labute approximate surface area is 157 Å². The third-order valence-electron chi connectivity index (χ3n) is 3.12. The predicted molar refractivity (Wildman–Crippen MR) is 102 cm³/mol. The van der Waals surface area contributed by atoms with Crippen molar-refractivity contribution in [2.45, 2.75) is 26.3 Å². The molecule has 2 rings (SSSR count). The standard InChI is InChI=1S/C8H11NO.C7H5NO3.C4H8O2/c1-10-8-5-3-2-4-7(8)6-9;9-5-6-1-3-7(4-2-6)8(10)11;1-2-3-4(5)6/h2-5H,6,9H2,1H3;1-5H;2-3H2,1H3,(H,5,6). The van der Waals surface area contributed by atoms with Crippen LogP contribution in [0, 0.1) is 10.1 Å². The molecule has 2 aromatic carbocycles. The number of nitrogens with two attached hydrogens (primary N) is 1. The van der Waals surface area contributed by atoms with Crippen LogP contribution in [0.25, 0.3) is 0 Å². The van der Waals surface area contributed by atoms with E-state index in [4.69, 9.17) is 15.6 Å². The number of non-ortho nitro benzene ring substituents is 1. The quantitative estimate of drug-likeness (QED) is 0.448. The van der Waals surface area contributed by atoms with Gasteiger partial charge in [-0.2, -0.15) is 0 Å². The summed E-state index contributed by atoms with van der Waals surface area (Å²) in [6.45, 7) is 2.37. The zero-order chi connectivity index (χ0) is 20.7. The zero-order valence-electron chi connectivity index (χ0n) is 15.3. The van der Waals surface area contributed by atoms with Gasteiger partial charge in [0.2, 0.25) is 0 Å². The maximum absolute atomic E-state index is 10.1. The number of carboxylic acid groups (broad SMARTS) is 1. The molecule has 146 valence electrons. The second-order valence-electron chi connectivity index (χ2n) is 5.13. The third-order valence-corrected chi connectivity index (χ3v) is 3.12. The van der Waals surface area contributed by atoms with E-state index in [9.17, 15) is 19.7 Å². The van der Waals surface area contributed by atoms with Gasteiger partial charge < -0.3 is 15.6 Å². The fourth-order valence-electron chi connectivity index (χ4n) is 1.76. The van der Waals surface area contributed by atoms with Gasteiger partial charge in [-0.05, 0) is 24.6 Å². The van der Waals surface area contributed by atoms with Crippen LogP contribution in [0.5, 0.6) is 5.75 Å². The summed E-state index contributed by atoms with van der Waals surface area (Å²) in [5.41, 5.74) is 6.93. The number of hydrogen-bond acceptors (Lipinski definition) is 6. The monoisotopic (exact) mass is 376 g/mol. The van der Waals surface area contributed by atoms with Crippen molar-refractivity contribution in [2.75, 3.05) is 7.11 Å².